The van der Waals surface area contributed by atoms with Crippen molar-refractivity contribution in [2.45, 2.75) is 39.3 Å². The molecule has 2 aromatic rings. The number of rotatable bonds is 6. The van der Waals surface area contributed by atoms with E-state index in [1.165, 1.54) is 30.3 Å². The average Bonchev–Trinajstić information content (AvgIpc) is 2.75. The summed E-state index contributed by atoms with van der Waals surface area (Å²) in [6.07, 6.45) is 7.98. The number of para-hydroxylation sites is 2. The number of halogens is 6. The number of unbranched alkanes of at least 4 members (excludes halogenated alkanes) is 2. The van der Waals surface area contributed by atoms with Gasteiger partial charge in [0.25, 0.3) is 0 Å². The molecule has 0 amide bonds. The zero-order chi connectivity index (χ0) is 18.5. The van der Waals surface area contributed by atoms with Crippen LogP contribution in [0.5, 0.6) is 0 Å². The summed E-state index contributed by atoms with van der Waals surface area (Å²) >= 11 is 0. The molecule has 9 heteroatoms. The molecule has 0 atom stereocenters. The summed E-state index contributed by atoms with van der Waals surface area (Å²) < 4.78 is 63.8. The third kappa shape index (κ3) is 8.91. The molecule has 0 radical (unpaired) electrons. The maximum atomic E-state index is 9.87. The Kier molecular flexibility index (Phi) is 5.76. The van der Waals surface area contributed by atoms with Crippen LogP contribution in [0.1, 0.15) is 26.2 Å². The minimum atomic E-state index is -10.7. The van der Waals surface area contributed by atoms with Crippen molar-refractivity contribution in [1.82, 2.24) is 4.57 Å². The predicted molar refractivity (Wildman–Crippen MR) is 85.4 cm³/mol. The standard InChI is InChI=1S/C15H21N2.F6P/c1-3-5-8-12-17-13-16(11-4-2)14-9-6-7-10-15(14)17;1-7(2,3,4,5)6/h4,6-7,9-10,13H,2-3,5,8,11-12H2,1H3;/q+1;-1. The molecule has 0 aliphatic rings. The van der Waals surface area contributed by atoms with Crippen LogP contribution >= 0.6 is 7.81 Å². The van der Waals surface area contributed by atoms with Crippen molar-refractivity contribution in [2.24, 2.45) is 0 Å². The van der Waals surface area contributed by atoms with E-state index in [-0.39, 0.29) is 0 Å². The topological polar surface area (TPSA) is 8.81 Å². The molecule has 0 saturated carbocycles. The Bertz CT molecular complexity index is 679. The summed E-state index contributed by atoms with van der Waals surface area (Å²) in [7, 11) is -10.7. The van der Waals surface area contributed by atoms with Gasteiger partial charge < -0.3 is 0 Å². The molecule has 0 aliphatic carbocycles. The number of fused-ring (bicyclic) bond motifs is 1. The van der Waals surface area contributed by atoms with Crippen molar-refractivity contribution >= 4 is 18.8 Å². The quantitative estimate of drug-likeness (QED) is 0.175. The molecule has 0 fully saturated rings. The summed E-state index contributed by atoms with van der Waals surface area (Å²) in [5, 5.41) is 0. The zero-order valence-corrected chi connectivity index (χ0v) is 14.2. The van der Waals surface area contributed by atoms with Crippen molar-refractivity contribution in [3.8, 4) is 0 Å². The van der Waals surface area contributed by atoms with Gasteiger partial charge in [-0.2, -0.15) is 0 Å². The number of aromatic nitrogens is 2. The molecule has 0 spiro atoms. The summed E-state index contributed by atoms with van der Waals surface area (Å²) in [6, 6.07) is 8.57. The molecule has 0 unspecified atom stereocenters. The van der Waals surface area contributed by atoms with Crippen LogP contribution in [0, 0.1) is 0 Å². The molecule has 0 N–H and O–H groups in total. The normalized spacial score (nSPS) is 14.5. The monoisotopic (exact) mass is 374 g/mol. The van der Waals surface area contributed by atoms with E-state index < -0.39 is 7.81 Å². The third-order valence-corrected chi connectivity index (χ3v) is 3.11. The second kappa shape index (κ2) is 6.75. The molecule has 24 heavy (non-hydrogen) atoms. The van der Waals surface area contributed by atoms with E-state index in [0.29, 0.717) is 0 Å². The van der Waals surface area contributed by atoms with Crippen LogP contribution < -0.4 is 4.57 Å². The van der Waals surface area contributed by atoms with E-state index >= 15 is 0 Å². The molecular weight excluding hydrogens is 353 g/mol. The van der Waals surface area contributed by atoms with Gasteiger partial charge in [0.2, 0.25) is 6.33 Å². The van der Waals surface area contributed by atoms with Gasteiger partial charge in [0, 0.05) is 0 Å². The number of hydrogen-bond acceptors (Lipinski definition) is 0. The van der Waals surface area contributed by atoms with E-state index in [9.17, 15) is 25.2 Å². The summed E-state index contributed by atoms with van der Waals surface area (Å²) in [5.41, 5.74) is 2.62. The molecule has 0 aliphatic heterocycles. The first-order valence-corrected chi connectivity index (χ1v) is 9.49. The molecular formula is C15H21F6N2P. The number of benzene rings is 1. The van der Waals surface area contributed by atoms with Gasteiger partial charge in [-0.1, -0.05) is 38.1 Å². The number of allylic oxidation sites excluding steroid dienone is 1. The Labute approximate surface area is 136 Å². The number of imidazole rings is 1. The maximum absolute atomic E-state index is 10.7. The second-order valence-electron chi connectivity index (χ2n) is 5.40. The predicted octanol–water partition coefficient (Wildman–Crippen LogP) is 6.69. The average molecular weight is 374 g/mol. The van der Waals surface area contributed by atoms with Crippen molar-refractivity contribution in [2.75, 3.05) is 0 Å². The van der Waals surface area contributed by atoms with Crippen LogP contribution in [0.4, 0.5) is 25.2 Å². The molecule has 138 valence electrons. The van der Waals surface area contributed by atoms with E-state index in [1.54, 1.807) is 0 Å². The molecule has 0 saturated heterocycles. The number of nitrogens with zero attached hydrogens (tertiary/aromatic N) is 2. The van der Waals surface area contributed by atoms with Crippen LogP contribution in [0.25, 0.3) is 11.0 Å². The van der Waals surface area contributed by atoms with E-state index in [0.717, 1.165) is 13.1 Å². The fourth-order valence-corrected chi connectivity index (χ4v) is 2.24. The molecule has 1 heterocycles. The van der Waals surface area contributed by atoms with Crippen molar-refractivity contribution in [1.29, 1.82) is 0 Å². The van der Waals surface area contributed by atoms with Crippen molar-refractivity contribution < 1.29 is 29.7 Å². The van der Waals surface area contributed by atoms with Crippen LogP contribution in [-0.4, -0.2) is 4.57 Å². The van der Waals surface area contributed by atoms with E-state index in [1.807, 2.05) is 6.08 Å². The van der Waals surface area contributed by atoms with Crippen molar-refractivity contribution in [3.05, 3.63) is 43.2 Å². The van der Waals surface area contributed by atoms with Gasteiger partial charge in [0.05, 0.1) is 6.54 Å². The molecule has 2 nitrogen and oxygen atoms in total. The minimum absolute atomic E-state index is 0.876. The Hall–Kier alpha value is -1.56. The van der Waals surface area contributed by atoms with Gasteiger partial charge in [-0.3, -0.25) is 0 Å². The molecule has 1 aromatic heterocycles. The SMILES string of the molecule is C=CCn1c[n+](CCCCC)c2ccccc21.F[P-](F)(F)(F)(F)F. The van der Waals surface area contributed by atoms with Gasteiger partial charge in [-0.15, -0.1) is 0 Å². The van der Waals surface area contributed by atoms with E-state index in [2.05, 4.69) is 53.2 Å². The van der Waals surface area contributed by atoms with Gasteiger partial charge in [-0.25, -0.2) is 9.13 Å². The van der Waals surface area contributed by atoms with E-state index in [4.69, 9.17) is 0 Å². The molecule has 1 aromatic carbocycles. The fourth-order valence-electron chi connectivity index (χ4n) is 2.24. The zero-order valence-electron chi connectivity index (χ0n) is 13.3. The summed E-state index contributed by atoms with van der Waals surface area (Å²) in [6.45, 7) is 8.04. The number of hydrogen-bond donors (Lipinski definition) is 0. The summed E-state index contributed by atoms with van der Waals surface area (Å²) in [4.78, 5) is 0. The molecule has 0 bridgehead atoms. The van der Waals surface area contributed by atoms with Crippen LogP contribution in [-0.2, 0) is 13.1 Å². The Morgan fingerprint density at radius 2 is 1.67 bits per heavy atom. The first-order valence-electron chi connectivity index (χ1n) is 7.46. The van der Waals surface area contributed by atoms with Gasteiger partial charge in [0.1, 0.15) is 6.54 Å². The summed E-state index contributed by atoms with van der Waals surface area (Å²) in [5.74, 6) is 0. The number of aryl methyl sites for hydroxylation is 1. The van der Waals surface area contributed by atoms with Crippen LogP contribution in [0.15, 0.2) is 43.2 Å². The third-order valence-electron chi connectivity index (χ3n) is 3.11. The van der Waals surface area contributed by atoms with Gasteiger partial charge in [-0.05, 0) is 25.0 Å². The van der Waals surface area contributed by atoms with Gasteiger partial charge in [0.15, 0.2) is 11.0 Å². The molecule has 2 rings (SSSR count). The van der Waals surface area contributed by atoms with Gasteiger partial charge >= 0.3 is 33.0 Å². The Morgan fingerprint density at radius 1 is 1.08 bits per heavy atom. The Morgan fingerprint density at radius 3 is 2.21 bits per heavy atom. The fraction of sp³-hybridized carbons (Fsp3) is 0.400. The first-order chi connectivity index (χ1) is 10.8. The van der Waals surface area contributed by atoms with Crippen molar-refractivity contribution in [3.63, 3.8) is 0 Å². The van der Waals surface area contributed by atoms with Crippen LogP contribution in [0.3, 0.4) is 0 Å². The van der Waals surface area contributed by atoms with Crippen LogP contribution in [0.2, 0.25) is 0 Å². The Balaban J connectivity index is 0.000000351. The second-order valence-corrected chi connectivity index (χ2v) is 7.32. The first kappa shape index (κ1) is 20.5.